The molecule has 0 aromatic rings. The van der Waals surface area contributed by atoms with Crippen LogP contribution in [0.2, 0.25) is 19.1 Å². The van der Waals surface area contributed by atoms with E-state index in [9.17, 15) is 9.59 Å². The molecule has 21 heavy (non-hydrogen) atoms. The van der Waals surface area contributed by atoms with Crippen molar-refractivity contribution in [2.75, 3.05) is 19.6 Å². The molecule has 5 heteroatoms. The topological polar surface area (TPSA) is 40.6 Å². The molecule has 0 aromatic heterocycles. The smallest absolute Gasteiger partial charge is 0.233 e. The summed E-state index contributed by atoms with van der Waals surface area (Å²) in [7, 11) is -1.21. The maximum atomic E-state index is 12.3. The van der Waals surface area contributed by atoms with Crippen molar-refractivity contribution >= 4 is 20.0 Å². The predicted molar refractivity (Wildman–Crippen MR) is 85.3 cm³/mol. The van der Waals surface area contributed by atoms with Crippen LogP contribution in [0.3, 0.4) is 0 Å². The number of hydrogen-bond acceptors (Lipinski definition) is 3. The number of nitrogens with zero attached hydrogens (tertiary/aromatic N) is 2. The molecule has 1 saturated carbocycles. The third-order valence-corrected chi connectivity index (χ3v) is 9.55. The molecule has 4 nitrogen and oxygen atoms in total. The maximum Gasteiger partial charge on any atom is 0.233 e. The minimum Gasteiger partial charge on any atom is -0.324 e. The molecule has 3 aliphatic rings. The highest BCUT2D eigenvalue weighted by molar-refractivity contribution is 6.74. The van der Waals surface area contributed by atoms with Gasteiger partial charge in [-0.1, -0.05) is 25.9 Å². The molecule has 2 atom stereocenters. The molecule has 0 spiro atoms. The lowest BCUT2D eigenvalue weighted by molar-refractivity contribution is -0.140. The third-order valence-electron chi connectivity index (χ3n) is 5.81. The summed E-state index contributed by atoms with van der Waals surface area (Å²) in [4.78, 5) is 26.2. The van der Waals surface area contributed by atoms with Crippen molar-refractivity contribution < 1.29 is 9.59 Å². The molecule has 0 aromatic carbocycles. The first-order chi connectivity index (χ1) is 10.0. The number of rotatable bonds is 4. The van der Waals surface area contributed by atoms with Gasteiger partial charge >= 0.3 is 0 Å². The summed E-state index contributed by atoms with van der Waals surface area (Å²) < 4.78 is 2.67. The number of imide groups is 1. The van der Waals surface area contributed by atoms with Crippen LogP contribution in [-0.2, 0) is 9.59 Å². The van der Waals surface area contributed by atoms with E-state index in [0.717, 1.165) is 32.2 Å². The Morgan fingerprint density at radius 2 is 1.67 bits per heavy atom. The Bertz CT molecular complexity index is 416. The lowest BCUT2D eigenvalue weighted by Gasteiger charge is -2.41. The molecule has 3 rings (SSSR count). The van der Waals surface area contributed by atoms with Crippen LogP contribution in [0.1, 0.15) is 38.5 Å². The minimum absolute atomic E-state index is 0.0262. The Morgan fingerprint density at radius 1 is 1.00 bits per heavy atom. The number of carbonyl (C=O) groups is 2. The summed E-state index contributed by atoms with van der Waals surface area (Å²) in [6, 6.07) is 1.39. The van der Waals surface area contributed by atoms with Crippen LogP contribution < -0.4 is 0 Å². The molecule has 0 radical (unpaired) electrons. The van der Waals surface area contributed by atoms with Crippen LogP contribution >= 0.6 is 0 Å². The molecule has 2 heterocycles. The van der Waals surface area contributed by atoms with Gasteiger partial charge in [-0.05, 0) is 44.8 Å². The zero-order valence-corrected chi connectivity index (χ0v) is 14.4. The van der Waals surface area contributed by atoms with Crippen LogP contribution in [-0.4, -0.2) is 49.1 Å². The van der Waals surface area contributed by atoms with Crippen molar-refractivity contribution in [2.45, 2.75) is 57.7 Å². The first kappa shape index (κ1) is 15.2. The Labute approximate surface area is 128 Å². The molecule has 1 aliphatic carbocycles. The fourth-order valence-corrected chi connectivity index (χ4v) is 7.39. The van der Waals surface area contributed by atoms with E-state index in [1.54, 1.807) is 4.90 Å². The highest BCUT2D eigenvalue weighted by Crippen LogP contribution is 2.39. The average Bonchev–Trinajstić information content (AvgIpc) is 2.99. The second-order valence-corrected chi connectivity index (χ2v) is 12.3. The van der Waals surface area contributed by atoms with Crippen LogP contribution in [0.4, 0.5) is 0 Å². The standard InChI is InChI=1S/C16H28N2O2Si/c1-21(2)12-4-3-9-17(21)10-6-11-18-15(19)13-7-5-8-14(13)16(18)20/h13-14H,3-12H2,1-2H3. The quantitative estimate of drug-likeness (QED) is 0.592. The van der Waals surface area contributed by atoms with Gasteiger partial charge in [0.05, 0.1) is 11.8 Å². The third kappa shape index (κ3) is 2.82. The first-order valence-corrected chi connectivity index (χ1v) is 11.8. The lowest BCUT2D eigenvalue weighted by atomic mass is 10.00. The zero-order valence-electron chi connectivity index (χ0n) is 13.4. The summed E-state index contributed by atoms with van der Waals surface area (Å²) in [5, 5.41) is 0. The predicted octanol–water partition coefficient (Wildman–Crippen LogP) is 2.46. The van der Waals surface area contributed by atoms with E-state index < -0.39 is 8.24 Å². The van der Waals surface area contributed by atoms with Gasteiger partial charge in [-0.2, -0.15) is 0 Å². The summed E-state index contributed by atoms with van der Waals surface area (Å²) >= 11 is 0. The van der Waals surface area contributed by atoms with Gasteiger partial charge in [-0.25, -0.2) is 0 Å². The molecule has 118 valence electrons. The van der Waals surface area contributed by atoms with Crippen LogP contribution in [0.25, 0.3) is 0 Å². The zero-order chi connectivity index (χ0) is 15.0. The highest BCUT2D eigenvalue weighted by Gasteiger charge is 2.49. The van der Waals surface area contributed by atoms with Crippen LogP contribution in [0.15, 0.2) is 0 Å². The molecule has 2 amide bonds. The van der Waals surface area contributed by atoms with E-state index in [1.807, 2.05) is 0 Å². The molecule has 0 bridgehead atoms. The summed E-state index contributed by atoms with van der Waals surface area (Å²) in [5.41, 5.74) is 0. The molecule has 2 aliphatic heterocycles. The second kappa shape index (κ2) is 5.84. The average molecular weight is 308 g/mol. The van der Waals surface area contributed by atoms with Crippen molar-refractivity contribution in [1.29, 1.82) is 0 Å². The Balaban J connectivity index is 1.51. The van der Waals surface area contributed by atoms with E-state index in [0.29, 0.717) is 6.54 Å². The molecule has 2 unspecified atom stereocenters. The van der Waals surface area contributed by atoms with Gasteiger partial charge in [-0.15, -0.1) is 0 Å². The summed E-state index contributed by atoms with van der Waals surface area (Å²) in [5.74, 6) is 0.298. The number of likely N-dealkylation sites (tertiary alicyclic amines) is 1. The number of amides is 2. The van der Waals surface area contributed by atoms with E-state index >= 15 is 0 Å². The highest BCUT2D eigenvalue weighted by atomic mass is 28.3. The molecule has 2 saturated heterocycles. The van der Waals surface area contributed by atoms with E-state index in [1.165, 1.54) is 25.4 Å². The van der Waals surface area contributed by atoms with Crippen molar-refractivity contribution in [3.63, 3.8) is 0 Å². The second-order valence-electron chi connectivity index (χ2n) is 7.58. The van der Waals surface area contributed by atoms with E-state index in [2.05, 4.69) is 17.7 Å². The minimum atomic E-state index is -1.21. The maximum absolute atomic E-state index is 12.3. The Kier molecular flexibility index (Phi) is 4.23. The molecule has 3 fully saturated rings. The number of carbonyl (C=O) groups excluding carboxylic acids is 2. The number of fused-ring (bicyclic) bond motifs is 1. The van der Waals surface area contributed by atoms with Crippen LogP contribution in [0.5, 0.6) is 0 Å². The first-order valence-electron chi connectivity index (χ1n) is 8.61. The molecular formula is C16H28N2O2Si. The SMILES string of the molecule is C[Si]1(C)CCCCN1CCCN1C(=O)C2CCCC2C1=O. The van der Waals surface area contributed by atoms with Gasteiger partial charge in [0.15, 0.2) is 0 Å². The van der Waals surface area contributed by atoms with E-state index in [4.69, 9.17) is 0 Å². The van der Waals surface area contributed by atoms with Gasteiger partial charge in [0.1, 0.15) is 8.24 Å². The van der Waals surface area contributed by atoms with Gasteiger partial charge < -0.3 is 4.57 Å². The molecular weight excluding hydrogens is 280 g/mol. The lowest BCUT2D eigenvalue weighted by Crippen LogP contribution is -2.52. The van der Waals surface area contributed by atoms with Gasteiger partial charge in [0.2, 0.25) is 11.8 Å². The van der Waals surface area contributed by atoms with Crippen LogP contribution in [0, 0.1) is 11.8 Å². The van der Waals surface area contributed by atoms with Crippen molar-refractivity contribution in [3.8, 4) is 0 Å². The monoisotopic (exact) mass is 308 g/mol. The normalized spacial score (nSPS) is 32.8. The Hall–Kier alpha value is -0.683. The largest absolute Gasteiger partial charge is 0.324 e. The van der Waals surface area contributed by atoms with Crippen molar-refractivity contribution in [3.05, 3.63) is 0 Å². The fraction of sp³-hybridized carbons (Fsp3) is 0.875. The Morgan fingerprint density at radius 3 is 2.29 bits per heavy atom. The number of hydrogen-bond donors (Lipinski definition) is 0. The van der Waals surface area contributed by atoms with Gasteiger partial charge in [0.25, 0.3) is 0 Å². The van der Waals surface area contributed by atoms with Gasteiger partial charge in [0, 0.05) is 6.54 Å². The van der Waals surface area contributed by atoms with Gasteiger partial charge in [-0.3, -0.25) is 14.5 Å². The summed E-state index contributed by atoms with van der Waals surface area (Å²) in [6.07, 6.45) is 6.54. The fourth-order valence-electron chi connectivity index (χ4n) is 4.44. The molecule has 0 N–H and O–H groups in total. The summed E-state index contributed by atoms with van der Waals surface area (Å²) in [6.45, 7) is 7.81. The van der Waals surface area contributed by atoms with Crippen molar-refractivity contribution in [1.82, 2.24) is 9.47 Å². The van der Waals surface area contributed by atoms with Crippen molar-refractivity contribution in [2.24, 2.45) is 11.8 Å². The van der Waals surface area contributed by atoms with E-state index in [-0.39, 0.29) is 23.7 Å².